The fraction of sp³-hybridized carbons (Fsp3) is 0.560. The Morgan fingerprint density at radius 3 is 2.36 bits per heavy atom. The predicted octanol–water partition coefficient (Wildman–Crippen LogP) is 3.62. The number of aliphatic hydroxyl groups is 1. The largest absolute Gasteiger partial charge is 0.493 e. The topological polar surface area (TPSA) is 144 Å². The molecule has 0 spiro atoms. The first kappa shape index (κ1) is 30.6. The molecular weight excluding hydrogens is 470 g/mol. The van der Waals surface area contributed by atoms with Gasteiger partial charge in [0.2, 0.25) is 0 Å². The number of amides is 3. The third-order valence-electron chi connectivity index (χ3n) is 4.48. The lowest BCUT2D eigenvalue weighted by atomic mass is 10.1. The highest BCUT2D eigenvalue weighted by atomic mass is 16.6. The van der Waals surface area contributed by atoms with E-state index in [9.17, 15) is 14.4 Å². The summed E-state index contributed by atoms with van der Waals surface area (Å²) in [7, 11) is 1.44. The molecule has 0 atom stereocenters. The van der Waals surface area contributed by atoms with Crippen LogP contribution in [0.3, 0.4) is 0 Å². The molecule has 0 aromatic heterocycles. The number of hydrogen-bond donors (Lipinski definition) is 4. The van der Waals surface area contributed by atoms with E-state index in [1.807, 2.05) is 0 Å². The van der Waals surface area contributed by atoms with Gasteiger partial charge in [-0.1, -0.05) is 12.7 Å². The molecule has 0 saturated carbocycles. The summed E-state index contributed by atoms with van der Waals surface area (Å²) in [6.07, 6.45) is 2.75. The number of aliphatic hydroxyl groups excluding tert-OH is 1. The highest BCUT2D eigenvalue weighted by molar-refractivity contribution is 6.03. The van der Waals surface area contributed by atoms with Crippen molar-refractivity contribution in [3.8, 4) is 11.5 Å². The number of unbranched alkanes of at least 4 members (excludes halogenated alkanes) is 2. The molecule has 3 amide bonds. The zero-order chi connectivity index (χ0) is 27.0. The van der Waals surface area contributed by atoms with Crippen LogP contribution in [0.15, 0.2) is 24.8 Å². The molecule has 0 aliphatic heterocycles. The summed E-state index contributed by atoms with van der Waals surface area (Å²) >= 11 is 0. The van der Waals surface area contributed by atoms with Crippen LogP contribution in [0.1, 0.15) is 56.8 Å². The average molecular weight is 510 g/mol. The van der Waals surface area contributed by atoms with Crippen molar-refractivity contribution in [2.24, 2.45) is 0 Å². The molecule has 1 aromatic rings. The molecule has 0 fully saturated rings. The monoisotopic (exact) mass is 509 g/mol. The first-order valence-electron chi connectivity index (χ1n) is 11.9. The normalized spacial score (nSPS) is 10.7. The molecular formula is C25H39N3O8. The number of carbonyl (C=O) groups excluding carboxylic acids is 3. The van der Waals surface area contributed by atoms with Gasteiger partial charge in [0.25, 0.3) is 5.91 Å². The number of anilines is 1. The van der Waals surface area contributed by atoms with E-state index < -0.39 is 23.7 Å². The zero-order valence-electron chi connectivity index (χ0n) is 21.6. The SMILES string of the molecule is C=CCOC(=O)Nc1cc(OCCCNC(=O)OC(C)(C)C)c(OC)cc1C(=O)NCCCCCO. The van der Waals surface area contributed by atoms with E-state index in [4.69, 9.17) is 24.1 Å². The van der Waals surface area contributed by atoms with Gasteiger partial charge in [-0.3, -0.25) is 10.1 Å². The predicted molar refractivity (Wildman–Crippen MR) is 136 cm³/mol. The Balaban J connectivity index is 2.89. The van der Waals surface area contributed by atoms with Crippen molar-refractivity contribution >= 4 is 23.8 Å². The Kier molecular flexibility index (Phi) is 13.8. The zero-order valence-corrected chi connectivity index (χ0v) is 21.6. The van der Waals surface area contributed by atoms with Crippen molar-refractivity contribution in [2.75, 3.05) is 45.3 Å². The third kappa shape index (κ3) is 12.3. The first-order chi connectivity index (χ1) is 17.1. The molecule has 11 nitrogen and oxygen atoms in total. The van der Waals surface area contributed by atoms with Gasteiger partial charge < -0.3 is 34.7 Å². The van der Waals surface area contributed by atoms with Crippen molar-refractivity contribution in [3.63, 3.8) is 0 Å². The van der Waals surface area contributed by atoms with Crippen molar-refractivity contribution in [3.05, 3.63) is 30.4 Å². The lowest BCUT2D eigenvalue weighted by Gasteiger charge is -2.19. The van der Waals surface area contributed by atoms with E-state index in [-0.39, 0.29) is 31.1 Å². The smallest absolute Gasteiger partial charge is 0.411 e. The number of hydrogen-bond acceptors (Lipinski definition) is 8. The first-order valence-corrected chi connectivity index (χ1v) is 11.9. The molecule has 0 saturated heterocycles. The number of alkyl carbamates (subject to hydrolysis) is 1. The number of methoxy groups -OCH3 is 1. The standard InChI is InChI=1S/C25H39N3O8/c1-6-14-35-24(32)28-19-17-21(34-15-10-12-27-23(31)36-25(2,3)4)20(33-5)16-18(19)22(30)26-11-8-7-9-13-29/h6,16-17,29H,1,7-15H2,2-5H3,(H,26,30)(H,27,31)(H,28,32). The highest BCUT2D eigenvalue weighted by Crippen LogP contribution is 2.34. The third-order valence-corrected chi connectivity index (χ3v) is 4.48. The second-order valence-corrected chi connectivity index (χ2v) is 8.73. The summed E-state index contributed by atoms with van der Waals surface area (Å²) < 4.78 is 21.3. The van der Waals surface area contributed by atoms with Gasteiger partial charge in [-0.15, -0.1) is 0 Å². The summed E-state index contributed by atoms with van der Waals surface area (Å²) in [5.74, 6) is 0.184. The molecule has 0 aliphatic carbocycles. The molecule has 36 heavy (non-hydrogen) atoms. The van der Waals surface area contributed by atoms with E-state index in [0.29, 0.717) is 43.9 Å². The summed E-state index contributed by atoms with van der Waals surface area (Å²) in [5, 5.41) is 16.9. The summed E-state index contributed by atoms with van der Waals surface area (Å²) in [4.78, 5) is 36.7. The number of nitrogens with one attached hydrogen (secondary N) is 3. The molecule has 0 unspecified atom stereocenters. The molecule has 4 N–H and O–H groups in total. The number of benzene rings is 1. The number of rotatable bonds is 15. The average Bonchev–Trinajstić information content (AvgIpc) is 2.81. The molecule has 0 heterocycles. The summed E-state index contributed by atoms with van der Waals surface area (Å²) in [6, 6.07) is 2.95. The Morgan fingerprint density at radius 2 is 1.72 bits per heavy atom. The van der Waals surface area contributed by atoms with Gasteiger partial charge in [-0.05, 0) is 52.5 Å². The minimum absolute atomic E-state index is 0.00236. The van der Waals surface area contributed by atoms with Gasteiger partial charge in [0.15, 0.2) is 11.5 Å². The minimum atomic E-state index is -0.760. The molecule has 0 aliphatic rings. The van der Waals surface area contributed by atoms with E-state index in [2.05, 4.69) is 22.5 Å². The fourth-order valence-electron chi connectivity index (χ4n) is 2.87. The van der Waals surface area contributed by atoms with Crippen molar-refractivity contribution in [2.45, 2.75) is 52.1 Å². The van der Waals surface area contributed by atoms with Crippen molar-refractivity contribution in [1.82, 2.24) is 10.6 Å². The van der Waals surface area contributed by atoms with E-state index in [1.165, 1.54) is 25.3 Å². The number of carbonyl (C=O) groups is 3. The van der Waals surface area contributed by atoms with Crippen LogP contribution in [0, 0.1) is 0 Å². The molecule has 0 radical (unpaired) electrons. The van der Waals surface area contributed by atoms with Crippen LogP contribution in [0.5, 0.6) is 11.5 Å². The van der Waals surface area contributed by atoms with Gasteiger partial charge >= 0.3 is 12.2 Å². The van der Waals surface area contributed by atoms with Crippen LogP contribution in [-0.2, 0) is 9.47 Å². The van der Waals surface area contributed by atoms with E-state index in [0.717, 1.165) is 6.42 Å². The Hall–Kier alpha value is -3.47. The summed E-state index contributed by atoms with van der Waals surface area (Å²) in [5.41, 5.74) is -0.236. The maximum atomic E-state index is 12.8. The van der Waals surface area contributed by atoms with E-state index >= 15 is 0 Å². The number of ether oxygens (including phenoxy) is 4. The van der Waals surface area contributed by atoms with E-state index in [1.54, 1.807) is 20.8 Å². The van der Waals surface area contributed by atoms with Crippen LogP contribution in [0.2, 0.25) is 0 Å². The quantitative estimate of drug-likeness (QED) is 0.207. The van der Waals surface area contributed by atoms with Crippen molar-refractivity contribution < 1.29 is 38.4 Å². The molecule has 0 bridgehead atoms. The van der Waals surface area contributed by atoms with Crippen LogP contribution < -0.4 is 25.4 Å². The van der Waals surface area contributed by atoms with Crippen LogP contribution >= 0.6 is 0 Å². The molecule has 202 valence electrons. The van der Waals surface area contributed by atoms with Crippen LogP contribution in [0.25, 0.3) is 0 Å². The lowest BCUT2D eigenvalue weighted by Crippen LogP contribution is -2.33. The Morgan fingerprint density at radius 1 is 1.00 bits per heavy atom. The highest BCUT2D eigenvalue weighted by Gasteiger charge is 2.20. The summed E-state index contributed by atoms with van der Waals surface area (Å²) in [6.45, 7) is 9.90. The second kappa shape index (κ2) is 16.2. The van der Waals surface area contributed by atoms with Gasteiger partial charge in [-0.25, -0.2) is 9.59 Å². The Bertz CT molecular complexity index is 868. The van der Waals surface area contributed by atoms with Crippen LogP contribution in [0.4, 0.5) is 15.3 Å². The Labute approximate surface area is 212 Å². The fourth-order valence-corrected chi connectivity index (χ4v) is 2.87. The lowest BCUT2D eigenvalue weighted by molar-refractivity contribution is 0.0525. The maximum absolute atomic E-state index is 12.8. The van der Waals surface area contributed by atoms with Gasteiger partial charge in [0.1, 0.15) is 12.2 Å². The van der Waals surface area contributed by atoms with Gasteiger partial charge in [-0.2, -0.15) is 0 Å². The maximum Gasteiger partial charge on any atom is 0.411 e. The van der Waals surface area contributed by atoms with Gasteiger partial charge in [0, 0.05) is 25.8 Å². The van der Waals surface area contributed by atoms with Crippen molar-refractivity contribution in [1.29, 1.82) is 0 Å². The minimum Gasteiger partial charge on any atom is -0.493 e. The molecule has 1 aromatic carbocycles. The molecule has 1 rings (SSSR count). The second-order valence-electron chi connectivity index (χ2n) is 8.73. The van der Waals surface area contributed by atoms with Gasteiger partial charge in [0.05, 0.1) is 25.0 Å². The molecule has 11 heteroatoms. The van der Waals surface area contributed by atoms with Crippen LogP contribution in [-0.4, -0.2) is 68.8 Å².